The van der Waals surface area contributed by atoms with Gasteiger partial charge in [-0.05, 0) is 31.0 Å². The van der Waals surface area contributed by atoms with Crippen LogP contribution in [0, 0.1) is 0 Å². The van der Waals surface area contributed by atoms with Gasteiger partial charge in [-0.2, -0.15) is 0 Å². The monoisotopic (exact) mass is 223 g/mol. The van der Waals surface area contributed by atoms with E-state index >= 15 is 0 Å². The average Bonchev–Trinajstić information content (AvgIpc) is 2.31. The van der Waals surface area contributed by atoms with E-state index in [9.17, 15) is 0 Å². The summed E-state index contributed by atoms with van der Waals surface area (Å²) in [7, 11) is 3.35. The van der Waals surface area contributed by atoms with Gasteiger partial charge >= 0.3 is 0 Å². The summed E-state index contributed by atoms with van der Waals surface area (Å²) >= 11 is 0. The van der Waals surface area contributed by atoms with Crippen LogP contribution in [-0.4, -0.2) is 20.8 Å². The molecule has 0 unspecified atom stereocenters. The summed E-state index contributed by atoms with van der Waals surface area (Å²) in [4.78, 5) is 0. The lowest BCUT2D eigenvalue weighted by molar-refractivity contribution is 0.351. The predicted molar refractivity (Wildman–Crippen MR) is 66.3 cm³/mol. The fourth-order valence-electron chi connectivity index (χ4n) is 1.95. The second kappa shape index (κ2) is 6.38. The number of hydrogen-bond acceptors (Lipinski definition) is 3. The molecule has 16 heavy (non-hydrogen) atoms. The van der Waals surface area contributed by atoms with Crippen molar-refractivity contribution in [1.29, 1.82) is 0 Å². The number of methoxy groups -OCH3 is 2. The molecule has 0 aliphatic rings. The Bertz CT molecular complexity index is 337. The predicted octanol–water partition coefficient (Wildman–Crippen LogP) is 2.16. The highest BCUT2D eigenvalue weighted by Gasteiger charge is 2.13. The van der Waals surface area contributed by atoms with Gasteiger partial charge in [0, 0.05) is 5.56 Å². The van der Waals surface area contributed by atoms with Crippen molar-refractivity contribution >= 4 is 0 Å². The lowest BCUT2D eigenvalue weighted by Gasteiger charge is -2.16. The fourth-order valence-corrected chi connectivity index (χ4v) is 1.95. The van der Waals surface area contributed by atoms with Gasteiger partial charge in [0.1, 0.15) is 0 Å². The molecule has 0 atom stereocenters. The maximum Gasteiger partial charge on any atom is 0.164 e. The minimum Gasteiger partial charge on any atom is -0.493 e. The fraction of sp³-hybridized carbons (Fsp3) is 0.538. The van der Waals surface area contributed by atoms with Crippen LogP contribution >= 0.6 is 0 Å². The van der Waals surface area contributed by atoms with E-state index < -0.39 is 0 Å². The molecule has 0 fully saturated rings. The molecule has 0 spiro atoms. The summed E-state index contributed by atoms with van der Waals surface area (Å²) in [5.74, 6) is 1.65. The van der Waals surface area contributed by atoms with Gasteiger partial charge in [0.05, 0.1) is 14.2 Å². The van der Waals surface area contributed by atoms with Crippen LogP contribution < -0.4 is 15.2 Å². The second-order valence-corrected chi connectivity index (χ2v) is 3.73. The molecule has 1 aromatic carbocycles. The van der Waals surface area contributed by atoms with Gasteiger partial charge < -0.3 is 15.2 Å². The topological polar surface area (TPSA) is 44.5 Å². The molecule has 0 heterocycles. The highest BCUT2D eigenvalue weighted by Crippen LogP contribution is 2.34. The van der Waals surface area contributed by atoms with E-state index in [1.54, 1.807) is 14.2 Å². The Morgan fingerprint density at radius 2 is 1.88 bits per heavy atom. The Hall–Kier alpha value is -1.22. The highest BCUT2D eigenvalue weighted by molar-refractivity contribution is 5.51. The normalized spacial score (nSPS) is 10.2. The summed E-state index contributed by atoms with van der Waals surface area (Å²) in [5.41, 5.74) is 8.11. The molecule has 1 rings (SSSR count). The molecule has 3 heteroatoms. The van der Waals surface area contributed by atoms with Crippen molar-refractivity contribution in [3.05, 3.63) is 23.3 Å². The Morgan fingerprint density at radius 1 is 1.12 bits per heavy atom. The third kappa shape index (κ3) is 2.67. The summed E-state index contributed by atoms with van der Waals surface area (Å²) < 4.78 is 10.7. The van der Waals surface area contributed by atoms with E-state index in [0.717, 1.165) is 30.8 Å². The van der Waals surface area contributed by atoms with Gasteiger partial charge in [0.15, 0.2) is 11.5 Å². The molecule has 0 saturated carbocycles. The van der Waals surface area contributed by atoms with Crippen molar-refractivity contribution in [2.45, 2.75) is 26.2 Å². The van der Waals surface area contributed by atoms with E-state index in [1.807, 2.05) is 6.07 Å². The molecular formula is C13H21NO2. The van der Waals surface area contributed by atoms with Crippen LogP contribution in [0.1, 0.15) is 24.5 Å². The van der Waals surface area contributed by atoms with Crippen LogP contribution in [0.2, 0.25) is 0 Å². The van der Waals surface area contributed by atoms with E-state index in [-0.39, 0.29) is 0 Å². The first kappa shape index (κ1) is 12.8. The maximum absolute atomic E-state index is 5.62. The molecule has 3 nitrogen and oxygen atoms in total. The van der Waals surface area contributed by atoms with Gasteiger partial charge in [-0.25, -0.2) is 0 Å². The Balaban J connectivity index is 3.20. The Kier molecular flexibility index (Phi) is 5.12. The first-order valence-corrected chi connectivity index (χ1v) is 5.71. The Labute approximate surface area is 97.6 Å². The van der Waals surface area contributed by atoms with E-state index in [2.05, 4.69) is 13.0 Å². The first-order valence-electron chi connectivity index (χ1n) is 5.71. The van der Waals surface area contributed by atoms with Crippen LogP contribution in [0.4, 0.5) is 0 Å². The van der Waals surface area contributed by atoms with E-state index in [0.29, 0.717) is 6.54 Å². The third-order valence-electron chi connectivity index (χ3n) is 2.66. The molecule has 1 aromatic rings. The molecule has 0 aliphatic heterocycles. The standard InChI is InChI=1S/C13H21NO2/c1-4-5-11-10(8-9-14)6-7-12(15-2)13(11)16-3/h6-7H,4-5,8-9,14H2,1-3H3. The maximum atomic E-state index is 5.62. The number of nitrogens with two attached hydrogens (primary N) is 1. The summed E-state index contributed by atoms with van der Waals surface area (Å²) in [6.07, 6.45) is 2.96. The van der Waals surface area contributed by atoms with Gasteiger partial charge in [0.25, 0.3) is 0 Å². The summed E-state index contributed by atoms with van der Waals surface area (Å²) in [6, 6.07) is 4.03. The van der Waals surface area contributed by atoms with Crippen molar-refractivity contribution in [2.75, 3.05) is 20.8 Å². The van der Waals surface area contributed by atoms with Gasteiger partial charge in [-0.1, -0.05) is 19.4 Å². The second-order valence-electron chi connectivity index (χ2n) is 3.73. The molecule has 0 aromatic heterocycles. The van der Waals surface area contributed by atoms with Crippen LogP contribution in [0.15, 0.2) is 12.1 Å². The van der Waals surface area contributed by atoms with Crippen molar-refractivity contribution in [3.8, 4) is 11.5 Å². The lowest BCUT2D eigenvalue weighted by atomic mass is 9.99. The highest BCUT2D eigenvalue weighted by atomic mass is 16.5. The Morgan fingerprint density at radius 3 is 2.38 bits per heavy atom. The zero-order chi connectivity index (χ0) is 12.0. The molecule has 0 amide bonds. The number of benzene rings is 1. The molecule has 0 aliphatic carbocycles. The molecule has 2 N–H and O–H groups in total. The van der Waals surface area contributed by atoms with Gasteiger partial charge in [0.2, 0.25) is 0 Å². The van der Waals surface area contributed by atoms with Gasteiger partial charge in [-0.15, -0.1) is 0 Å². The SMILES string of the molecule is CCCc1c(CCN)ccc(OC)c1OC. The molecule has 90 valence electrons. The minimum atomic E-state index is 0.659. The van der Waals surface area contributed by atoms with Crippen molar-refractivity contribution in [1.82, 2.24) is 0 Å². The average molecular weight is 223 g/mol. The van der Waals surface area contributed by atoms with Crippen LogP contribution in [0.3, 0.4) is 0 Å². The van der Waals surface area contributed by atoms with Crippen molar-refractivity contribution < 1.29 is 9.47 Å². The number of ether oxygens (including phenoxy) is 2. The van der Waals surface area contributed by atoms with Gasteiger partial charge in [-0.3, -0.25) is 0 Å². The van der Waals surface area contributed by atoms with Crippen molar-refractivity contribution in [3.63, 3.8) is 0 Å². The van der Waals surface area contributed by atoms with Crippen molar-refractivity contribution in [2.24, 2.45) is 5.73 Å². The number of rotatable bonds is 6. The van der Waals surface area contributed by atoms with E-state index in [4.69, 9.17) is 15.2 Å². The molecule has 0 saturated heterocycles. The lowest BCUT2D eigenvalue weighted by Crippen LogP contribution is -2.07. The molecule has 0 bridgehead atoms. The third-order valence-corrected chi connectivity index (χ3v) is 2.66. The van der Waals surface area contributed by atoms with Crippen LogP contribution in [0.25, 0.3) is 0 Å². The summed E-state index contributed by atoms with van der Waals surface area (Å²) in [6.45, 7) is 2.82. The quantitative estimate of drug-likeness (QED) is 0.803. The molecule has 0 radical (unpaired) electrons. The largest absolute Gasteiger partial charge is 0.493 e. The van der Waals surface area contributed by atoms with Crippen LogP contribution in [-0.2, 0) is 12.8 Å². The number of hydrogen-bond donors (Lipinski definition) is 1. The first-order chi connectivity index (χ1) is 7.78. The minimum absolute atomic E-state index is 0.659. The van der Waals surface area contributed by atoms with Crippen LogP contribution in [0.5, 0.6) is 11.5 Å². The zero-order valence-electron chi connectivity index (χ0n) is 10.4. The zero-order valence-corrected chi connectivity index (χ0v) is 10.4. The molecular weight excluding hydrogens is 202 g/mol. The smallest absolute Gasteiger partial charge is 0.164 e. The van der Waals surface area contributed by atoms with E-state index in [1.165, 1.54) is 11.1 Å². The summed E-state index contributed by atoms with van der Waals surface area (Å²) in [5, 5.41) is 0.